The Kier molecular flexibility index (Phi) is 8.62. The number of hydrogen-bond acceptors (Lipinski definition) is 3. The van der Waals surface area contributed by atoms with E-state index in [1.807, 2.05) is 11.3 Å². The summed E-state index contributed by atoms with van der Waals surface area (Å²) in [6, 6.07) is 46.6. The third kappa shape index (κ3) is 6.09. The first-order chi connectivity index (χ1) is 28.3. The van der Waals surface area contributed by atoms with Crippen LogP contribution in [-0.2, 0) is 0 Å². The van der Waals surface area contributed by atoms with Crippen LogP contribution in [0.4, 0.5) is 5.69 Å². The summed E-state index contributed by atoms with van der Waals surface area (Å²) in [6.07, 6.45) is 26.6. The van der Waals surface area contributed by atoms with Crippen molar-refractivity contribution in [3.8, 4) is 16.9 Å². The first kappa shape index (κ1) is 34.1. The summed E-state index contributed by atoms with van der Waals surface area (Å²) >= 11 is 1.97. The summed E-state index contributed by atoms with van der Waals surface area (Å²) in [5.41, 5.74) is 12.9. The maximum Gasteiger partial charge on any atom is 0.130 e. The molecule has 6 aromatic rings. The average molecular weight is 754 g/mol. The molecule has 3 heteroatoms. The van der Waals surface area contributed by atoms with Crippen molar-refractivity contribution >= 4 is 50.0 Å². The Bertz CT molecular complexity index is 2850. The minimum absolute atomic E-state index is 0.199. The number of para-hydroxylation sites is 1. The van der Waals surface area contributed by atoms with Crippen LogP contribution in [0.15, 0.2) is 187 Å². The number of benzene rings is 5. The van der Waals surface area contributed by atoms with E-state index in [0.29, 0.717) is 5.92 Å². The number of thiophene rings is 1. The van der Waals surface area contributed by atoms with E-state index in [4.69, 9.17) is 4.74 Å². The quantitative estimate of drug-likeness (QED) is 0.161. The largest absolute Gasteiger partial charge is 0.460 e. The van der Waals surface area contributed by atoms with Crippen molar-refractivity contribution in [3.05, 3.63) is 214 Å². The van der Waals surface area contributed by atoms with Crippen LogP contribution in [0.2, 0.25) is 0 Å². The fourth-order valence-corrected chi connectivity index (χ4v) is 11.0. The summed E-state index contributed by atoms with van der Waals surface area (Å²) in [6.45, 7) is 0. The summed E-state index contributed by atoms with van der Waals surface area (Å²) in [7, 11) is 0. The van der Waals surface area contributed by atoms with Crippen molar-refractivity contribution in [1.29, 1.82) is 0 Å². The molecule has 3 atom stereocenters. The molecule has 2 nitrogen and oxygen atoms in total. The highest BCUT2D eigenvalue weighted by atomic mass is 32.1. The van der Waals surface area contributed by atoms with Gasteiger partial charge in [-0.15, -0.1) is 11.3 Å². The number of nitrogens with zero attached hydrogens (tertiary/aromatic N) is 1. The van der Waals surface area contributed by atoms with Crippen LogP contribution in [0.3, 0.4) is 0 Å². The molecule has 0 fully saturated rings. The highest BCUT2D eigenvalue weighted by molar-refractivity contribution is 7.17. The van der Waals surface area contributed by atoms with Crippen molar-refractivity contribution in [2.24, 2.45) is 5.92 Å². The second-order valence-corrected chi connectivity index (χ2v) is 16.7. The third-order valence-electron chi connectivity index (χ3n) is 12.4. The molecule has 276 valence electrons. The van der Waals surface area contributed by atoms with Crippen molar-refractivity contribution < 1.29 is 4.74 Å². The minimum atomic E-state index is 0.199. The fourth-order valence-electron chi connectivity index (χ4n) is 9.59. The lowest BCUT2D eigenvalue weighted by atomic mass is 9.84. The van der Waals surface area contributed by atoms with E-state index in [9.17, 15) is 0 Å². The Balaban J connectivity index is 0.998. The van der Waals surface area contributed by atoms with Gasteiger partial charge < -0.3 is 9.64 Å². The van der Waals surface area contributed by atoms with Crippen LogP contribution in [0, 0.1) is 5.92 Å². The lowest BCUT2D eigenvalue weighted by molar-refractivity contribution is 0.429. The van der Waals surface area contributed by atoms with Gasteiger partial charge in [-0.05, 0) is 88.9 Å². The number of rotatable bonds is 7. The van der Waals surface area contributed by atoms with Crippen molar-refractivity contribution in [3.63, 3.8) is 0 Å². The first-order valence-electron chi connectivity index (χ1n) is 20.5. The summed E-state index contributed by atoms with van der Waals surface area (Å²) < 4.78 is 9.31. The van der Waals surface area contributed by atoms with Gasteiger partial charge in [0.05, 0.1) is 10.6 Å². The Morgan fingerprint density at radius 2 is 1.44 bits per heavy atom. The topological polar surface area (TPSA) is 12.5 Å². The Morgan fingerprint density at radius 1 is 0.649 bits per heavy atom. The highest BCUT2D eigenvalue weighted by Gasteiger charge is 2.33. The molecule has 11 rings (SSSR count). The normalized spacial score (nSPS) is 20.6. The van der Waals surface area contributed by atoms with Gasteiger partial charge in [0.15, 0.2) is 0 Å². The molecular formula is C54H43NOS. The van der Waals surface area contributed by atoms with Crippen molar-refractivity contribution in [2.75, 3.05) is 4.90 Å². The Labute approximate surface area is 338 Å². The smallest absolute Gasteiger partial charge is 0.130 e. The van der Waals surface area contributed by atoms with Gasteiger partial charge in [-0.25, -0.2) is 0 Å². The number of hydrogen-bond donors (Lipinski definition) is 0. The van der Waals surface area contributed by atoms with E-state index in [1.54, 1.807) is 0 Å². The molecule has 1 aliphatic heterocycles. The molecule has 5 aromatic carbocycles. The molecule has 2 heterocycles. The molecule has 3 unspecified atom stereocenters. The number of fused-ring (bicyclic) bond motifs is 6. The van der Waals surface area contributed by atoms with Crippen molar-refractivity contribution in [1.82, 2.24) is 0 Å². The van der Waals surface area contributed by atoms with E-state index in [1.165, 1.54) is 75.8 Å². The van der Waals surface area contributed by atoms with Gasteiger partial charge in [-0.1, -0.05) is 164 Å². The Hall–Kier alpha value is -6.16. The lowest BCUT2D eigenvalue weighted by Crippen LogP contribution is -2.40. The molecule has 0 amide bonds. The first-order valence-corrected chi connectivity index (χ1v) is 21.3. The van der Waals surface area contributed by atoms with E-state index < -0.39 is 0 Å². The van der Waals surface area contributed by atoms with E-state index in [2.05, 4.69) is 187 Å². The van der Waals surface area contributed by atoms with Crippen LogP contribution in [0.5, 0.6) is 5.75 Å². The number of anilines is 1. The molecule has 0 N–H and O–H groups in total. The zero-order valence-corrected chi connectivity index (χ0v) is 32.7. The van der Waals surface area contributed by atoms with Gasteiger partial charge >= 0.3 is 0 Å². The SMILES string of the molecule is C1=CC(c2ccccc2)=CC(C2=CCC(N(C3=c4sc5c(-c6ccccc6)cccc5c4=CCC3)c3ccc(C4=C5Oc6ccccc6C5CC=C4)cc3)C=C2)C1. The predicted molar refractivity (Wildman–Crippen MR) is 240 cm³/mol. The molecule has 5 aliphatic rings. The second kappa shape index (κ2) is 14.4. The van der Waals surface area contributed by atoms with Crippen LogP contribution < -0.4 is 19.4 Å². The molecular weight excluding hydrogens is 711 g/mol. The molecule has 0 bridgehead atoms. The molecule has 4 aliphatic carbocycles. The van der Waals surface area contributed by atoms with Gasteiger partial charge in [0, 0.05) is 44.4 Å². The Morgan fingerprint density at radius 3 is 2.26 bits per heavy atom. The van der Waals surface area contributed by atoms with Crippen LogP contribution in [0.25, 0.3) is 44.1 Å². The molecule has 57 heavy (non-hydrogen) atoms. The molecule has 0 saturated carbocycles. The maximum absolute atomic E-state index is 6.54. The monoisotopic (exact) mass is 753 g/mol. The van der Waals surface area contributed by atoms with Crippen molar-refractivity contribution in [2.45, 2.75) is 44.1 Å². The maximum atomic E-state index is 6.54. The fraction of sp³-hybridized carbons (Fsp3) is 0.148. The second-order valence-electron chi connectivity index (χ2n) is 15.7. The van der Waals surface area contributed by atoms with E-state index >= 15 is 0 Å². The lowest BCUT2D eigenvalue weighted by Gasteiger charge is -2.36. The van der Waals surface area contributed by atoms with Gasteiger partial charge in [-0.2, -0.15) is 0 Å². The van der Waals surface area contributed by atoms with Crippen LogP contribution in [0.1, 0.15) is 54.7 Å². The molecule has 0 spiro atoms. The standard InChI is InChI=1S/C54H43NOS/c1-3-13-36(14-4-1)40-17-9-18-41(35-40)37-27-31-42(32-28-37)55(43-33-29-39(30-34-43)44-20-10-22-47-46-19-7-8-26-51(46)56-52(44)47)50-25-12-24-49-48-23-11-21-45(53(48)57-54(49)50)38-15-5-2-6-16-38/h1-11,13-17,19-21,23-24,26-31,33-35,41-42,47H,12,18,22,25,32H2. The molecule has 0 radical (unpaired) electrons. The molecule has 0 saturated heterocycles. The summed E-state index contributed by atoms with van der Waals surface area (Å²) in [5.74, 6) is 2.74. The van der Waals surface area contributed by atoms with E-state index in [0.717, 1.165) is 43.6 Å². The average Bonchev–Trinajstić information content (AvgIpc) is 3.87. The minimum Gasteiger partial charge on any atom is -0.460 e. The summed E-state index contributed by atoms with van der Waals surface area (Å²) in [4.78, 5) is 2.67. The highest BCUT2D eigenvalue weighted by Crippen LogP contribution is 2.48. The third-order valence-corrected chi connectivity index (χ3v) is 13.7. The van der Waals surface area contributed by atoms with Gasteiger partial charge in [-0.3, -0.25) is 0 Å². The van der Waals surface area contributed by atoms with Gasteiger partial charge in [0.1, 0.15) is 11.5 Å². The number of ether oxygens (including phenoxy) is 1. The van der Waals surface area contributed by atoms with Crippen LogP contribution in [-0.4, -0.2) is 6.04 Å². The zero-order chi connectivity index (χ0) is 37.7. The molecule has 1 aromatic heterocycles. The van der Waals surface area contributed by atoms with Gasteiger partial charge in [0.2, 0.25) is 0 Å². The van der Waals surface area contributed by atoms with Crippen LogP contribution >= 0.6 is 11.3 Å². The predicted octanol–water partition coefficient (Wildman–Crippen LogP) is 12.5. The number of allylic oxidation sites excluding steroid dienone is 10. The zero-order valence-electron chi connectivity index (χ0n) is 31.9. The summed E-state index contributed by atoms with van der Waals surface area (Å²) in [5, 5.41) is 2.75. The van der Waals surface area contributed by atoms with Gasteiger partial charge in [0.25, 0.3) is 0 Å². The van der Waals surface area contributed by atoms with E-state index in [-0.39, 0.29) is 12.0 Å².